The monoisotopic (exact) mass is 475 g/mol. The Bertz CT molecular complexity index is 1190. The predicted octanol–water partition coefficient (Wildman–Crippen LogP) is 4.67. The molecule has 0 radical (unpaired) electrons. The van der Waals surface area contributed by atoms with Gasteiger partial charge in [0.2, 0.25) is 15.9 Å². The number of anilines is 1. The van der Waals surface area contributed by atoms with Crippen LogP contribution in [0, 0.1) is 19.8 Å². The number of benzene rings is 2. The second kappa shape index (κ2) is 8.90. The third-order valence-corrected chi connectivity index (χ3v) is 9.67. The maximum Gasteiger partial charge on any atom is 0.244 e. The molecule has 2 heterocycles. The van der Waals surface area contributed by atoms with E-state index in [0.717, 1.165) is 26.2 Å². The van der Waals surface area contributed by atoms with Crippen LogP contribution in [0.1, 0.15) is 24.0 Å². The summed E-state index contributed by atoms with van der Waals surface area (Å²) in [5.41, 5.74) is 3.15. The number of amides is 1. The number of piperidine rings is 1. The summed E-state index contributed by atoms with van der Waals surface area (Å²) in [6.45, 7) is 4.72. The van der Waals surface area contributed by atoms with Crippen LogP contribution in [0.15, 0.2) is 46.2 Å². The third kappa shape index (κ3) is 4.37. The number of thiazole rings is 1. The molecule has 6 nitrogen and oxygen atoms in total. The average molecular weight is 476 g/mol. The summed E-state index contributed by atoms with van der Waals surface area (Å²) in [4.78, 5) is 18.5. The Morgan fingerprint density at radius 1 is 1.13 bits per heavy atom. The van der Waals surface area contributed by atoms with Crippen molar-refractivity contribution >= 4 is 54.4 Å². The molecule has 1 N–H and O–H groups in total. The van der Waals surface area contributed by atoms with Gasteiger partial charge in [0.05, 0.1) is 15.1 Å². The first-order valence-corrected chi connectivity index (χ1v) is 13.6. The molecule has 2 aromatic carbocycles. The molecule has 0 unspecified atom stereocenters. The van der Waals surface area contributed by atoms with E-state index in [4.69, 9.17) is 0 Å². The number of rotatable bonds is 5. The summed E-state index contributed by atoms with van der Waals surface area (Å²) >= 11 is 2.91. The van der Waals surface area contributed by atoms with Gasteiger partial charge in [0.1, 0.15) is 0 Å². The van der Waals surface area contributed by atoms with Crippen molar-refractivity contribution in [3.8, 4) is 0 Å². The van der Waals surface area contributed by atoms with Crippen LogP contribution in [0.2, 0.25) is 0 Å². The molecule has 0 saturated carbocycles. The van der Waals surface area contributed by atoms with Gasteiger partial charge in [-0.1, -0.05) is 35.6 Å². The van der Waals surface area contributed by atoms with Gasteiger partial charge in [0.15, 0.2) is 5.13 Å². The highest BCUT2D eigenvalue weighted by Gasteiger charge is 2.33. The quantitative estimate of drug-likeness (QED) is 0.542. The summed E-state index contributed by atoms with van der Waals surface area (Å²) in [7, 11) is -3.57. The van der Waals surface area contributed by atoms with Crippen molar-refractivity contribution in [2.75, 3.05) is 24.7 Å². The molecule has 0 bridgehead atoms. The van der Waals surface area contributed by atoms with E-state index in [-0.39, 0.29) is 11.8 Å². The molecule has 1 aliphatic rings. The van der Waals surface area contributed by atoms with Gasteiger partial charge in [-0.25, -0.2) is 13.4 Å². The molecule has 4 rings (SSSR count). The first kappa shape index (κ1) is 22.3. The molecule has 1 aliphatic heterocycles. The number of hydrogen-bond donors (Lipinski definition) is 1. The molecule has 9 heteroatoms. The number of aromatic nitrogens is 1. The third-order valence-electron chi connectivity index (χ3n) is 5.68. The fourth-order valence-corrected chi connectivity index (χ4v) is 7.46. The molecular formula is C22H25N3O3S3. The van der Waals surface area contributed by atoms with Crippen molar-refractivity contribution in [3.05, 3.63) is 47.5 Å². The molecule has 1 amide bonds. The van der Waals surface area contributed by atoms with Crippen molar-refractivity contribution in [2.45, 2.75) is 36.5 Å². The number of carbonyl (C=O) groups is 1. The average Bonchev–Trinajstić information content (AvgIpc) is 3.21. The molecule has 0 spiro atoms. The van der Waals surface area contributed by atoms with Gasteiger partial charge >= 0.3 is 0 Å². The fraction of sp³-hybridized carbons (Fsp3) is 0.364. The Morgan fingerprint density at radius 2 is 1.81 bits per heavy atom. The van der Waals surface area contributed by atoms with E-state index in [1.165, 1.54) is 27.4 Å². The van der Waals surface area contributed by atoms with Crippen molar-refractivity contribution in [1.29, 1.82) is 0 Å². The maximum atomic E-state index is 13.1. The largest absolute Gasteiger partial charge is 0.302 e. The van der Waals surface area contributed by atoms with Gasteiger partial charge in [-0.15, -0.1) is 11.8 Å². The summed E-state index contributed by atoms with van der Waals surface area (Å²) in [5.74, 6) is -0.313. The Balaban J connectivity index is 1.43. The second-order valence-electron chi connectivity index (χ2n) is 7.71. The van der Waals surface area contributed by atoms with Crippen LogP contribution in [-0.2, 0) is 14.8 Å². The summed E-state index contributed by atoms with van der Waals surface area (Å²) in [6.07, 6.45) is 2.86. The standard InChI is InChI=1S/C22H25N3O3S3/c1-14-8-9-15(2)20-19(14)23-22(30-20)24-21(26)16-10-12-25(13-11-16)31(27,28)18-7-5-4-6-17(18)29-3/h4-9,16H,10-13H2,1-3H3,(H,23,24,26). The zero-order chi connectivity index (χ0) is 22.2. The lowest BCUT2D eigenvalue weighted by Crippen LogP contribution is -2.41. The predicted molar refractivity (Wildman–Crippen MR) is 127 cm³/mol. The van der Waals surface area contributed by atoms with Crippen molar-refractivity contribution in [2.24, 2.45) is 5.92 Å². The zero-order valence-electron chi connectivity index (χ0n) is 17.7. The van der Waals surface area contributed by atoms with Gasteiger partial charge in [-0.3, -0.25) is 4.79 Å². The first-order valence-electron chi connectivity index (χ1n) is 10.1. The topological polar surface area (TPSA) is 79.4 Å². The van der Waals surface area contributed by atoms with E-state index in [1.54, 1.807) is 12.1 Å². The number of aryl methyl sites for hydroxylation is 2. The molecule has 0 aliphatic carbocycles. The molecule has 1 aromatic heterocycles. The van der Waals surface area contributed by atoms with Crippen LogP contribution in [0.3, 0.4) is 0 Å². The smallest absolute Gasteiger partial charge is 0.244 e. The van der Waals surface area contributed by atoms with Gasteiger partial charge in [-0.2, -0.15) is 4.31 Å². The number of nitrogens with one attached hydrogen (secondary N) is 1. The number of thioether (sulfide) groups is 1. The lowest BCUT2D eigenvalue weighted by atomic mass is 9.97. The highest BCUT2D eigenvalue weighted by atomic mass is 32.2. The molecule has 164 valence electrons. The number of carbonyl (C=O) groups excluding carboxylic acids is 1. The van der Waals surface area contributed by atoms with E-state index in [2.05, 4.69) is 16.4 Å². The van der Waals surface area contributed by atoms with E-state index < -0.39 is 10.0 Å². The Kier molecular flexibility index (Phi) is 6.39. The Hall–Kier alpha value is -1.94. The van der Waals surface area contributed by atoms with Crippen LogP contribution in [0.25, 0.3) is 10.2 Å². The lowest BCUT2D eigenvalue weighted by Gasteiger charge is -2.30. The number of fused-ring (bicyclic) bond motifs is 1. The van der Waals surface area contributed by atoms with E-state index >= 15 is 0 Å². The maximum absolute atomic E-state index is 13.1. The minimum Gasteiger partial charge on any atom is -0.302 e. The SMILES string of the molecule is CSc1ccccc1S(=O)(=O)N1CCC(C(=O)Nc2nc3c(C)ccc(C)c3s2)CC1. The lowest BCUT2D eigenvalue weighted by molar-refractivity contribution is -0.120. The minimum atomic E-state index is -3.57. The van der Waals surface area contributed by atoms with E-state index in [0.29, 0.717) is 36.0 Å². The highest BCUT2D eigenvalue weighted by molar-refractivity contribution is 7.99. The van der Waals surface area contributed by atoms with Gasteiger partial charge < -0.3 is 5.32 Å². The second-order valence-corrected chi connectivity index (χ2v) is 11.5. The van der Waals surface area contributed by atoms with Crippen LogP contribution < -0.4 is 5.32 Å². The number of hydrogen-bond acceptors (Lipinski definition) is 6. The Morgan fingerprint density at radius 3 is 2.48 bits per heavy atom. The zero-order valence-corrected chi connectivity index (χ0v) is 20.2. The van der Waals surface area contributed by atoms with Crippen LogP contribution in [0.4, 0.5) is 5.13 Å². The normalized spacial score (nSPS) is 16.0. The van der Waals surface area contributed by atoms with Crippen molar-refractivity contribution < 1.29 is 13.2 Å². The van der Waals surface area contributed by atoms with Gasteiger partial charge in [0, 0.05) is 23.9 Å². The van der Waals surface area contributed by atoms with Crippen molar-refractivity contribution in [3.63, 3.8) is 0 Å². The number of sulfonamides is 1. The summed E-state index contributed by atoms with van der Waals surface area (Å²) in [6, 6.07) is 11.2. The molecule has 0 atom stereocenters. The van der Waals surface area contributed by atoms with Crippen molar-refractivity contribution in [1.82, 2.24) is 9.29 Å². The van der Waals surface area contributed by atoms with Gasteiger partial charge in [0.25, 0.3) is 0 Å². The van der Waals surface area contributed by atoms with Crippen LogP contribution in [-0.4, -0.2) is 43.0 Å². The first-order chi connectivity index (χ1) is 14.8. The summed E-state index contributed by atoms with van der Waals surface area (Å²) < 4.78 is 28.8. The molecule has 1 saturated heterocycles. The summed E-state index contributed by atoms with van der Waals surface area (Å²) in [5, 5.41) is 3.55. The van der Waals surface area contributed by atoms with E-state index in [9.17, 15) is 13.2 Å². The van der Waals surface area contributed by atoms with Crippen LogP contribution in [0.5, 0.6) is 0 Å². The van der Waals surface area contributed by atoms with E-state index in [1.807, 2.05) is 38.3 Å². The molecule has 31 heavy (non-hydrogen) atoms. The van der Waals surface area contributed by atoms with Gasteiger partial charge in [-0.05, 0) is 56.2 Å². The molecular weight excluding hydrogens is 450 g/mol. The molecule has 3 aromatic rings. The number of nitrogens with zero attached hydrogens (tertiary/aromatic N) is 2. The molecule has 1 fully saturated rings. The highest BCUT2D eigenvalue weighted by Crippen LogP contribution is 2.33. The Labute approximate surface area is 191 Å². The van der Waals surface area contributed by atoms with Crippen LogP contribution >= 0.6 is 23.1 Å². The fourth-order valence-electron chi connectivity index (χ4n) is 3.85. The minimum absolute atomic E-state index is 0.0871.